The van der Waals surface area contributed by atoms with E-state index < -0.39 is 24.1 Å². The summed E-state index contributed by atoms with van der Waals surface area (Å²) in [6.45, 7) is 0. The van der Waals surface area contributed by atoms with Crippen molar-refractivity contribution in [3.8, 4) is 6.07 Å². The fourth-order valence-electron chi connectivity index (χ4n) is 1.15. The van der Waals surface area contributed by atoms with E-state index in [1.54, 1.807) is 6.07 Å². The highest BCUT2D eigenvalue weighted by atomic mass is 19.4. The van der Waals surface area contributed by atoms with Crippen LogP contribution in [0.15, 0.2) is 29.4 Å². The highest BCUT2D eigenvalue weighted by molar-refractivity contribution is 5.84. The van der Waals surface area contributed by atoms with Crippen LogP contribution in [0, 0.1) is 11.3 Å². The first-order chi connectivity index (χ1) is 8.45. The molecule has 0 radical (unpaired) electrons. The Morgan fingerprint density at radius 3 is 2.72 bits per heavy atom. The Labute approximate surface area is 101 Å². The van der Waals surface area contributed by atoms with Crippen LogP contribution in [0.4, 0.5) is 13.2 Å². The molecular formula is C11H8F3N3O. The number of benzene rings is 1. The number of alkyl halides is 3. The molecule has 0 heterocycles. The number of carbonyl (C=O) groups excluding carboxylic acids is 1. The van der Waals surface area contributed by atoms with Gasteiger partial charge in [0.2, 0.25) is 0 Å². The fourth-order valence-corrected chi connectivity index (χ4v) is 1.15. The molecule has 0 aliphatic carbocycles. The molecule has 0 aromatic heterocycles. The minimum absolute atomic E-state index is 0.165. The molecule has 4 nitrogen and oxygen atoms in total. The monoisotopic (exact) mass is 255 g/mol. The van der Waals surface area contributed by atoms with Crippen LogP contribution >= 0.6 is 0 Å². The average molecular weight is 255 g/mol. The molecule has 1 aromatic carbocycles. The molecule has 0 saturated carbocycles. The topological polar surface area (TPSA) is 65.2 Å². The molecule has 0 atom stereocenters. The van der Waals surface area contributed by atoms with Crippen molar-refractivity contribution in [2.75, 3.05) is 0 Å². The predicted molar refractivity (Wildman–Crippen MR) is 57.4 cm³/mol. The summed E-state index contributed by atoms with van der Waals surface area (Å²) in [5, 5.41) is 11.6. The first-order valence-corrected chi connectivity index (χ1v) is 4.80. The summed E-state index contributed by atoms with van der Waals surface area (Å²) in [7, 11) is 0. The van der Waals surface area contributed by atoms with Crippen molar-refractivity contribution >= 4 is 12.1 Å². The smallest absolute Gasteiger partial charge is 0.272 e. The van der Waals surface area contributed by atoms with Crippen LogP contribution in [0.25, 0.3) is 0 Å². The summed E-state index contributed by atoms with van der Waals surface area (Å²) in [5.41, 5.74) is 0.943. The van der Waals surface area contributed by atoms with Gasteiger partial charge >= 0.3 is 6.18 Å². The number of hydrogen-bond donors (Lipinski definition) is 1. The maximum absolute atomic E-state index is 12.6. The maximum Gasteiger partial charge on any atom is 0.417 e. The Hall–Kier alpha value is -2.36. The molecule has 1 aromatic rings. The third kappa shape index (κ3) is 3.90. The second kappa shape index (κ2) is 5.82. The van der Waals surface area contributed by atoms with Gasteiger partial charge in [-0.3, -0.25) is 4.79 Å². The molecule has 1 rings (SSSR count). The van der Waals surface area contributed by atoms with Gasteiger partial charge in [-0.2, -0.15) is 23.5 Å². The van der Waals surface area contributed by atoms with Crippen LogP contribution in [-0.2, 0) is 11.0 Å². The first-order valence-electron chi connectivity index (χ1n) is 4.80. The Balaban J connectivity index is 2.83. The number of halogens is 3. The van der Waals surface area contributed by atoms with Crippen molar-refractivity contribution < 1.29 is 18.0 Å². The summed E-state index contributed by atoms with van der Waals surface area (Å²) < 4.78 is 37.7. The SMILES string of the molecule is N#CCC(=O)NN=Cc1ccccc1C(F)(F)F. The highest BCUT2D eigenvalue weighted by Crippen LogP contribution is 2.30. The van der Waals surface area contributed by atoms with Crippen LogP contribution in [0.2, 0.25) is 0 Å². The zero-order valence-corrected chi connectivity index (χ0v) is 9.03. The van der Waals surface area contributed by atoms with E-state index in [1.807, 2.05) is 5.43 Å². The summed E-state index contributed by atoms with van der Waals surface area (Å²) in [5.74, 6) is -0.682. The molecule has 18 heavy (non-hydrogen) atoms. The largest absolute Gasteiger partial charge is 0.417 e. The van der Waals surface area contributed by atoms with E-state index >= 15 is 0 Å². The summed E-state index contributed by atoms with van der Waals surface area (Å²) >= 11 is 0. The molecule has 94 valence electrons. The van der Waals surface area contributed by atoms with Crippen LogP contribution in [0.1, 0.15) is 17.5 Å². The molecular weight excluding hydrogens is 247 g/mol. The minimum Gasteiger partial charge on any atom is -0.272 e. The third-order valence-electron chi connectivity index (χ3n) is 1.90. The van der Waals surface area contributed by atoms with Crippen molar-refractivity contribution in [1.29, 1.82) is 5.26 Å². The number of amides is 1. The Kier molecular flexibility index (Phi) is 4.43. The molecule has 0 bridgehead atoms. The van der Waals surface area contributed by atoms with E-state index in [-0.39, 0.29) is 5.56 Å². The normalized spacial score (nSPS) is 11.2. The molecule has 0 aliphatic rings. The van der Waals surface area contributed by atoms with Crippen molar-refractivity contribution in [2.24, 2.45) is 5.10 Å². The standard InChI is InChI=1S/C11H8F3N3O/c12-11(13,14)9-4-2-1-3-8(9)7-16-17-10(18)5-6-15/h1-4,7H,5H2,(H,17,18). The van der Waals surface area contributed by atoms with Crippen molar-refractivity contribution in [2.45, 2.75) is 12.6 Å². The quantitative estimate of drug-likeness (QED) is 0.663. The number of rotatable bonds is 3. The van der Waals surface area contributed by atoms with E-state index in [1.165, 1.54) is 18.2 Å². The van der Waals surface area contributed by atoms with Crippen molar-refractivity contribution in [1.82, 2.24) is 5.43 Å². The van der Waals surface area contributed by atoms with Crippen LogP contribution in [0.3, 0.4) is 0 Å². The van der Waals surface area contributed by atoms with Gasteiger partial charge in [0.05, 0.1) is 17.8 Å². The number of nitrogens with zero attached hydrogens (tertiary/aromatic N) is 2. The summed E-state index contributed by atoms with van der Waals surface area (Å²) in [4.78, 5) is 10.8. The van der Waals surface area contributed by atoms with E-state index in [9.17, 15) is 18.0 Å². The van der Waals surface area contributed by atoms with Gasteiger partial charge in [0, 0.05) is 5.56 Å². The number of hydrogen-bond acceptors (Lipinski definition) is 3. The van der Waals surface area contributed by atoms with Gasteiger partial charge < -0.3 is 0 Å². The molecule has 0 fully saturated rings. The summed E-state index contributed by atoms with van der Waals surface area (Å²) in [6, 6.07) is 6.41. The highest BCUT2D eigenvalue weighted by Gasteiger charge is 2.32. The van der Waals surface area contributed by atoms with Gasteiger partial charge in [-0.25, -0.2) is 5.43 Å². The molecule has 7 heteroatoms. The number of hydrazone groups is 1. The molecule has 0 spiro atoms. The second-order valence-electron chi connectivity index (χ2n) is 3.21. The lowest BCUT2D eigenvalue weighted by molar-refractivity contribution is -0.137. The summed E-state index contributed by atoms with van der Waals surface area (Å²) in [6.07, 6.45) is -4.00. The molecule has 1 amide bonds. The van der Waals surface area contributed by atoms with Crippen LogP contribution < -0.4 is 5.43 Å². The minimum atomic E-state index is -4.49. The van der Waals surface area contributed by atoms with Crippen LogP contribution in [0.5, 0.6) is 0 Å². The van der Waals surface area contributed by atoms with E-state index in [2.05, 4.69) is 5.10 Å². The van der Waals surface area contributed by atoms with Crippen molar-refractivity contribution in [3.05, 3.63) is 35.4 Å². The fraction of sp³-hybridized carbons (Fsp3) is 0.182. The second-order valence-corrected chi connectivity index (χ2v) is 3.21. The lowest BCUT2D eigenvalue weighted by Gasteiger charge is -2.08. The van der Waals surface area contributed by atoms with Gasteiger partial charge in [-0.1, -0.05) is 18.2 Å². The Bertz CT molecular complexity index is 503. The molecule has 0 aliphatic heterocycles. The number of nitriles is 1. The Morgan fingerprint density at radius 1 is 1.44 bits per heavy atom. The Morgan fingerprint density at radius 2 is 2.11 bits per heavy atom. The van der Waals surface area contributed by atoms with Gasteiger partial charge in [-0.15, -0.1) is 0 Å². The van der Waals surface area contributed by atoms with Gasteiger partial charge in [0.1, 0.15) is 6.42 Å². The van der Waals surface area contributed by atoms with E-state index in [4.69, 9.17) is 5.26 Å². The average Bonchev–Trinajstić information content (AvgIpc) is 2.28. The van der Waals surface area contributed by atoms with Crippen molar-refractivity contribution in [3.63, 3.8) is 0 Å². The van der Waals surface area contributed by atoms with E-state index in [0.29, 0.717) is 0 Å². The third-order valence-corrected chi connectivity index (χ3v) is 1.90. The lowest BCUT2D eigenvalue weighted by Crippen LogP contribution is -2.16. The molecule has 1 N–H and O–H groups in total. The molecule has 0 saturated heterocycles. The van der Waals surface area contributed by atoms with Gasteiger partial charge in [0.15, 0.2) is 0 Å². The molecule has 0 unspecified atom stereocenters. The lowest BCUT2D eigenvalue weighted by atomic mass is 10.1. The van der Waals surface area contributed by atoms with E-state index in [0.717, 1.165) is 12.3 Å². The zero-order chi connectivity index (χ0) is 13.6. The van der Waals surface area contributed by atoms with Gasteiger partial charge in [-0.05, 0) is 6.07 Å². The predicted octanol–water partition coefficient (Wildman–Crippen LogP) is 2.07. The number of nitrogens with one attached hydrogen (secondary N) is 1. The first kappa shape index (κ1) is 13.7. The van der Waals surface area contributed by atoms with Crippen LogP contribution in [-0.4, -0.2) is 12.1 Å². The number of carbonyl (C=O) groups is 1. The maximum atomic E-state index is 12.6. The van der Waals surface area contributed by atoms with Gasteiger partial charge in [0.25, 0.3) is 5.91 Å². The zero-order valence-electron chi connectivity index (χ0n) is 9.03.